The SMILES string of the molecule is CC1C[CH]CC(C)C1. The first-order chi connectivity index (χ1) is 3.79. The smallest absolute Gasteiger partial charge is 0.0381 e. The Hall–Kier alpha value is 0. The predicted molar refractivity (Wildman–Crippen MR) is 36.5 cm³/mol. The van der Waals surface area contributed by atoms with Crippen LogP contribution in [0.15, 0.2) is 0 Å². The highest BCUT2D eigenvalue weighted by atomic mass is 14.2. The van der Waals surface area contributed by atoms with E-state index in [4.69, 9.17) is 0 Å². The minimum Gasteiger partial charge on any atom is -0.0625 e. The zero-order valence-electron chi connectivity index (χ0n) is 5.85. The van der Waals surface area contributed by atoms with Gasteiger partial charge in [-0.05, 0) is 37.5 Å². The minimum atomic E-state index is 0.957. The van der Waals surface area contributed by atoms with E-state index in [2.05, 4.69) is 20.3 Å². The number of hydrogen-bond donors (Lipinski definition) is 0. The molecule has 0 amide bonds. The fourth-order valence-electron chi connectivity index (χ4n) is 1.54. The van der Waals surface area contributed by atoms with Crippen molar-refractivity contribution in [2.75, 3.05) is 0 Å². The molecular formula is C8H15. The second kappa shape index (κ2) is 2.52. The average Bonchev–Trinajstić information content (AvgIpc) is 1.64. The molecule has 8 heavy (non-hydrogen) atoms. The van der Waals surface area contributed by atoms with Crippen LogP contribution in [0.1, 0.15) is 33.1 Å². The van der Waals surface area contributed by atoms with Gasteiger partial charge >= 0.3 is 0 Å². The van der Waals surface area contributed by atoms with Crippen LogP contribution in [0.2, 0.25) is 0 Å². The van der Waals surface area contributed by atoms with E-state index in [1.54, 1.807) is 0 Å². The fourth-order valence-corrected chi connectivity index (χ4v) is 1.54. The van der Waals surface area contributed by atoms with E-state index >= 15 is 0 Å². The Labute approximate surface area is 52.3 Å². The zero-order chi connectivity index (χ0) is 5.98. The first-order valence-corrected chi connectivity index (χ1v) is 3.60. The van der Waals surface area contributed by atoms with E-state index in [1.165, 1.54) is 19.3 Å². The predicted octanol–water partition coefficient (Wildman–Crippen LogP) is 2.65. The summed E-state index contributed by atoms with van der Waals surface area (Å²) in [4.78, 5) is 0. The lowest BCUT2D eigenvalue weighted by Crippen LogP contribution is -2.09. The summed E-state index contributed by atoms with van der Waals surface area (Å²) in [6.07, 6.45) is 6.57. The van der Waals surface area contributed by atoms with Crippen LogP contribution >= 0.6 is 0 Å². The molecule has 47 valence electrons. The van der Waals surface area contributed by atoms with Gasteiger partial charge in [-0.2, -0.15) is 0 Å². The van der Waals surface area contributed by atoms with E-state index in [9.17, 15) is 0 Å². The highest BCUT2D eigenvalue weighted by Gasteiger charge is 2.13. The molecule has 2 atom stereocenters. The van der Waals surface area contributed by atoms with Crippen molar-refractivity contribution in [3.8, 4) is 0 Å². The summed E-state index contributed by atoms with van der Waals surface area (Å²) in [5.74, 6) is 1.91. The molecule has 1 aliphatic carbocycles. The number of rotatable bonds is 0. The first-order valence-electron chi connectivity index (χ1n) is 3.60. The molecule has 0 nitrogen and oxygen atoms in total. The molecule has 1 fully saturated rings. The Morgan fingerprint density at radius 1 is 1.12 bits per heavy atom. The van der Waals surface area contributed by atoms with Crippen LogP contribution < -0.4 is 0 Å². The largest absolute Gasteiger partial charge is 0.0625 e. The van der Waals surface area contributed by atoms with Crippen LogP contribution in [0.3, 0.4) is 0 Å². The summed E-state index contributed by atoms with van der Waals surface area (Å²) in [5, 5.41) is 0. The van der Waals surface area contributed by atoms with Gasteiger partial charge in [0.25, 0.3) is 0 Å². The van der Waals surface area contributed by atoms with Gasteiger partial charge in [-0.25, -0.2) is 0 Å². The Morgan fingerprint density at radius 3 is 1.88 bits per heavy atom. The van der Waals surface area contributed by atoms with Gasteiger partial charge in [0.2, 0.25) is 0 Å². The van der Waals surface area contributed by atoms with Gasteiger partial charge in [0, 0.05) is 0 Å². The maximum absolute atomic E-state index is 2.43. The van der Waals surface area contributed by atoms with Crippen molar-refractivity contribution in [3.63, 3.8) is 0 Å². The van der Waals surface area contributed by atoms with Crippen molar-refractivity contribution in [2.45, 2.75) is 33.1 Å². The average molecular weight is 111 g/mol. The summed E-state index contributed by atoms with van der Waals surface area (Å²) >= 11 is 0. The van der Waals surface area contributed by atoms with Crippen molar-refractivity contribution < 1.29 is 0 Å². The summed E-state index contributed by atoms with van der Waals surface area (Å²) in [6.45, 7) is 4.68. The molecule has 1 aliphatic rings. The monoisotopic (exact) mass is 111 g/mol. The van der Waals surface area contributed by atoms with Gasteiger partial charge in [-0.1, -0.05) is 13.8 Å². The van der Waals surface area contributed by atoms with Crippen LogP contribution in [-0.4, -0.2) is 0 Å². The van der Waals surface area contributed by atoms with Crippen LogP contribution in [0.25, 0.3) is 0 Å². The highest BCUT2D eigenvalue weighted by Crippen LogP contribution is 2.26. The normalized spacial score (nSPS) is 39.8. The summed E-state index contributed by atoms with van der Waals surface area (Å²) in [5.41, 5.74) is 0. The molecule has 2 unspecified atom stereocenters. The van der Waals surface area contributed by atoms with E-state index in [0.29, 0.717) is 0 Å². The molecule has 1 rings (SSSR count). The molecule has 1 radical (unpaired) electrons. The summed E-state index contributed by atoms with van der Waals surface area (Å²) in [6, 6.07) is 0. The van der Waals surface area contributed by atoms with Crippen molar-refractivity contribution in [1.29, 1.82) is 0 Å². The van der Waals surface area contributed by atoms with Crippen LogP contribution in [0.5, 0.6) is 0 Å². The van der Waals surface area contributed by atoms with Gasteiger partial charge in [0.05, 0.1) is 0 Å². The van der Waals surface area contributed by atoms with E-state index in [1.807, 2.05) is 0 Å². The van der Waals surface area contributed by atoms with Crippen molar-refractivity contribution in [3.05, 3.63) is 6.42 Å². The van der Waals surface area contributed by atoms with E-state index in [0.717, 1.165) is 11.8 Å². The lowest BCUT2D eigenvalue weighted by Gasteiger charge is -2.22. The summed E-state index contributed by atoms with van der Waals surface area (Å²) < 4.78 is 0. The molecule has 0 aliphatic heterocycles. The van der Waals surface area contributed by atoms with Crippen molar-refractivity contribution in [2.24, 2.45) is 11.8 Å². The molecule has 0 aromatic heterocycles. The molecule has 0 bridgehead atoms. The Morgan fingerprint density at radius 2 is 1.62 bits per heavy atom. The molecule has 0 saturated heterocycles. The third-order valence-electron chi connectivity index (χ3n) is 1.94. The lowest BCUT2D eigenvalue weighted by molar-refractivity contribution is 0.354. The molecular weight excluding hydrogens is 96.1 g/mol. The summed E-state index contributed by atoms with van der Waals surface area (Å²) in [7, 11) is 0. The Balaban J connectivity index is 2.23. The molecule has 1 saturated carbocycles. The van der Waals surface area contributed by atoms with Crippen molar-refractivity contribution >= 4 is 0 Å². The van der Waals surface area contributed by atoms with Crippen molar-refractivity contribution in [1.82, 2.24) is 0 Å². The third kappa shape index (κ3) is 1.50. The quantitative estimate of drug-likeness (QED) is 0.451. The molecule has 0 aromatic rings. The van der Waals surface area contributed by atoms with Crippen LogP contribution in [0.4, 0.5) is 0 Å². The second-order valence-electron chi connectivity index (χ2n) is 3.21. The van der Waals surface area contributed by atoms with Crippen LogP contribution in [0, 0.1) is 18.3 Å². The standard InChI is InChI=1S/C8H15/c1-7-4-3-5-8(2)6-7/h3,7-8H,4-6H2,1-2H3. The fraction of sp³-hybridized carbons (Fsp3) is 0.875. The first kappa shape index (κ1) is 6.12. The highest BCUT2D eigenvalue weighted by molar-refractivity contribution is 4.78. The topological polar surface area (TPSA) is 0 Å². The molecule has 0 N–H and O–H groups in total. The molecule has 0 aromatic carbocycles. The lowest BCUT2D eigenvalue weighted by atomic mass is 9.84. The Bertz CT molecular complexity index is 58.4. The molecule has 0 spiro atoms. The van der Waals surface area contributed by atoms with Crippen LogP contribution in [-0.2, 0) is 0 Å². The second-order valence-corrected chi connectivity index (χ2v) is 3.21. The van der Waals surface area contributed by atoms with E-state index in [-0.39, 0.29) is 0 Å². The van der Waals surface area contributed by atoms with Gasteiger partial charge in [0.1, 0.15) is 0 Å². The van der Waals surface area contributed by atoms with Gasteiger partial charge in [-0.15, -0.1) is 0 Å². The Kier molecular flexibility index (Phi) is 1.93. The van der Waals surface area contributed by atoms with Gasteiger partial charge in [-0.3, -0.25) is 0 Å². The maximum atomic E-state index is 2.43. The molecule has 0 heteroatoms. The zero-order valence-corrected chi connectivity index (χ0v) is 5.85. The van der Waals surface area contributed by atoms with Gasteiger partial charge < -0.3 is 0 Å². The van der Waals surface area contributed by atoms with E-state index < -0.39 is 0 Å². The molecule has 0 heterocycles. The van der Waals surface area contributed by atoms with Gasteiger partial charge in [0.15, 0.2) is 0 Å². The maximum Gasteiger partial charge on any atom is -0.0381 e. The number of hydrogen-bond acceptors (Lipinski definition) is 0. The third-order valence-corrected chi connectivity index (χ3v) is 1.94. The minimum absolute atomic E-state index is 0.957.